The summed E-state index contributed by atoms with van der Waals surface area (Å²) in [5, 5.41) is 4.99. The van der Waals surface area contributed by atoms with E-state index in [0.29, 0.717) is 0 Å². The van der Waals surface area contributed by atoms with Crippen LogP contribution in [0.5, 0.6) is 0 Å². The third kappa shape index (κ3) is 5.51. The number of fused-ring (bicyclic) bond motifs is 9. The fraction of sp³-hybridized carbons (Fsp3) is 0.0164. The van der Waals surface area contributed by atoms with Crippen molar-refractivity contribution in [1.29, 1.82) is 0 Å². The Kier molecular flexibility index (Phi) is 8.01. The molecule has 2 heterocycles. The van der Waals surface area contributed by atoms with Gasteiger partial charge in [-0.2, -0.15) is 0 Å². The Morgan fingerprint density at radius 1 is 0.254 bits per heavy atom. The first-order chi connectivity index (χ1) is 31.3. The Morgan fingerprint density at radius 3 is 1.41 bits per heavy atom. The van der Waals surface area contributed by atoms with Crippen molar-refractivity contribution in [3.05, 3.63) is 253 Å². The second kappa shape index (κ2) is 14.2. The van der Waals surface area contributed by atoms with Crippen LogP contribution in [0.4, 0.5) is 0 Å². The van der Waals surface area contributed by atoms with Crippen LogP contribution in [0.3, 0.4) is 0 Å². The molecule has 0 amide bonds. The Morgan fingerprint density at radius 2 is 0.730 bits per heavy atom. The van der Waals surface area contributed by atoms with Crippen LogP contribution >= 0.6 is 0 Å². The summed E-state index contributed by atoms with van der Waals surface area (Å²) in [6, 6.07) is 87.2. The fourth-order valence-corrected chi connectivity index (χ4v) is 10.7. The first-order valence-electron chi connectivity index (χ1n) is 21.9. The van der Waals surface area contributed by atoms with Crippen molar-refractivity contribution in [2.45, 2.75) is 5.92 Å². The Hall–Kier alpha value is -8.20. The van der Waals surface area contributed by atoms with Crippen LogP contribution in [0.1, 0.15) is 22.6 Å². The highest BCUT2D eigenvalue weighted by molar-refractivity contribution is 6.13. The van der Waals surface area contributed by atoms with Crippen molar-refractivity contribution in [2.24, 2.45) is 0 Å². The molecule has 2 heteroatoms. The van der Waals surface area contributed by atoms with Gasteiger partial charge in [-0.15, -0.1) is 0 Å². The lowest BCUT2D eigenvalue weighted by Crippen LogP contribution is -2.04. The lowest BCUT2D eigenvalue weighted by Gasteiger charge is -2.23. The molecule has 2 aromatic heterocycles. The number of aromatic nitrogens is 2. The van der Waals surface area contributed by atoms with Crippen LogP contribution in [0.25, 0.3) is 99.5 Å². The van der Waals surface area contributed by atoms with Gasteiger partial charge in [0.25, 0.3) is 0 Å². The highest BCUT2D eigenvalue weighted by atomic mass is 15.0. The SMILES string of the molecule is c1ccc(-c2cccc(-c3ccccc3)c2C2c3ccccc3-c3cc(-c4ccc5c(c4)c4ccccc4n5-c4ccc5c(c4)c4ccccc4n5-c4ccccc4)ccc32)cc1. The molecule has 0 radical (unpaired) electrons. The van der Waals surface area contributed by atoms with E-state index < -0.39 is 0 Å². The standard InChI is InChI=1S/C61H40N2/c1-4-17-40(18-5-1)46-27-16-28-47(41-19-6-2-7-20-41)60(46)61-51-26-11-10-23-48(51)53-37-42(31-34-52(53)61)43-32-35-58-54(38-43)49-24-12-15-30-57(49)63(58)45-33-36-59-55(39-45)50-25-13-14-29-56(50)62(59)44-21-8-3-9-22-44/h1-39,61H. The van der Waals surface area contributed by atoms with Crippen LogP contribution < -0.4 is 0 Å². The van der Waals surface area contributed by atoms with Crippen molar-refractivity contribution in [3.63, 3.8) is 0 Å². The summed E-state index contributed by atoms with van der Waals surface area (Å²) in [6.45, 7) is 0. The van der Waals surface area contributed by atoms with E-state index in [2.05, 4.69) is 246 Å². The molecule has 0 saturated carbocycles. The van der Waals surface area contributed by atoms with Crippen molar-refractivity contribution in [3.8, 4) is 55.9 Å². The van der Waals surface area contributed by atoms with E-state index in [1.54, 1.807) is 0 Å². The summed E-state index contributed by atoms with van der Waals surface area (Å²) in [4.78, 5) is 0. The molecular formula is C61H40N2. The van der Waals surface area contributed by atoms with Gasteiger partial charge in [0.05, 0.1) is 22.1 Å². The van der Waals surface area contributed by atoms with Gasteiger partial charge in [-0.1, -0.05) is 176 Å². The number of nitrogens with zero attached hydrogens (tertiary/aromatic N) is 2. The highest BCUT2D eigenvalue weighted by Crippen LogP contribution is 2.53. The summed E-state index contributed by atoms with van der Waals surface area (Å²) in [5.74, 6) is 0.0800. The van der Waals surface area contributed by atoms with Gasteiger partial charge < -0.3 is 9.13 Å². The van der Waals surface area contributed by atoms with E-state index in [9.17, 15) is 0 Å². The van der Waals surface area contributed by atoms with E-state index in [0.717, 1.165) is 5.69 Å². The van der Waals surface area contributed by atoms with Crippen LogP contribution in [0.15, 0.2) is 237 Å². The lowest BCUT2D eigenvalue weighted by molar-refractivity contribution is 1.02. The molecule has 294 valence electrons. The molecule has 63 heavy (non-hydrogen) atoms. The Balaban J connectivity index is 0.964. The summed E-state index contributed by atoms with van der Waals surface area (Å²) < 4.78 is 4.83. The zero-order valence-corrected chi connectivity index (χ0v) is 34.5. The fourth-order valence-electron chi connectivity index (χ4n) is 10.7. The average molecular weight is 801 g/mol. The largest absolute Gasteiger partial charge is 0.309 e. The van der Waals surface area contributed by atoms with Crippen molar-refractivity contribution >= 4 is 43.6 Å². The molecule has 12 aromatic rings. The van der Waals surface area contributed by atoms with E-state index in [-0.39, 0.29) is 5.92 Å². The number of para-hydroxylation sites is 3. The quantitative estimate of drug-likeness (QED) is 0.159. The normalized spacial score (nSPS) is 13.2. The van der Waals surface area contributed by atoms with Crippen LogP contribution in [0, 0.1) is 0 Å². The number of hydrogen-bond donors (Lipinski definition) is 0. The zero-order valence-electron chi connectivity index (χ0n) is 34.5. The summed E-state index contributed by atoms with van der Waals surface area (Å²) >= 11 is 0. The summed E-state index contributed by atoms with van der Waals surface area (Å²) in [7, 11) is 0. The molecule has 1 aliphatic carbocycles. The molecule has 0 aliphatic heterocycles. The lowest BCUT2D eigenvalue weighted by atomic mass is 9.80. The summed E-state index contributed by atoms with van der Waals surface area (Å²) in [5.41, 5.74) is 21.3. The topological polar surface area (TPSA) is 9.86 Å². The molecule has 0 fully saturated rings. The third-order valence-electron chi connectivity index (χ3n) is 13.4. The van der Waals surface area contributed by atoms with Crippen molar-refractivity contribution in [2.75, 3.05) is 0 Å². The van der Waals surface area contributed by atoms with E-state index >= 15 is 0 Å². The van der Waals surface area contributed by atoms with Gasteiger partial charge in [0.2, 0.25) is 0 Å². The zero-order chi connectivity index (χ0) is 41.4. The average Bonchev–Trinajstić information content (AvgIpc) is 3.99. The monoisotopic (exact) mass is 800 g/mol. The van der Waals surface area contributed by atoms with Gasteiger partial charge in [-0.3, -0.25) is 0 Å². The molecule has 0 bridgehead atoms. The van der Waals surface area contributed by atoms with Gasteiger partial charge in [0, 0.05) is 38.8 Å². The number of hydrogen-bond acceptors (Lipinski definition) is 0. The molecular weight excluding hydrogens is 761 g/mol. The third-order valence-corrected chi connectivity index (χ3v) is 13.4. The molecule has 0 N–H and O–H groups in total. The van der Waals surface area contributed by atoms with E-state index in [4.69, 9.17) is 0 Å². The second-order valence-corrected chi connectivity index (χ2v) is 16.8. The number of rotatable bonds is 6. The highest BCUT2D eigenvalue weighted by Gasteiger charge is 2.33. The van der Waals surface area contributed by atoms with Gasteiger partial charge >= 0.3 is 0 Å². The van der Waals surface area contributed by atoms with Crippen molar-refractivity contribution in [1.82, 2.24) is 9.13 Å². The molecule has 0 spiro atoms. The van der Waals surface area contributed by atoms with Gasteiger partial charge in [-0.05, 0) is 122 Å². The maximum Gasteiger partial charge on any atom is 0.0542 e. The van der Waals surface area contributed by atoms with Gasteiger partial charge in [0.15, 0.2) is 0 Å². The minimum Gasteiger partial charge on any atom is -0.309 e. The van der Waals surface area contributed by atoms with E-state index in [1.807, 2.05) is 0 Å². The molecule has 10 aromatic carbocycles. The molecule has 13 rings (SSSR count). The Bertz CT molecular complexity index is 3670. The Labute approximate surface area is 366 Å². The first-order valence-corrected chi connectivity index (χ1v) is 21.9. The van der Waals surface area contributed by atoms with E-state index in [1.165, 1.54) is 110 Å². The van der Waals surface area contributed by atoms with Gasteiger partial charge in [0.1, 0.15) is 0 Å². The molecule has 2 nitrogen and oxygen atoms in total. The molecule has 1 atom stereocenters. The van der Waals surface area contributed by atoms with Gasteiger partial charge in [-0.25, -0.2) is 0 Å². The van der Waals surface area contributed by atoms with Crippen molar-refractivity contribution < 1.29 is 0 Å². The molecule has 1 unspecified atom stereocenters. The van der Waals surface area contributed by atoms with Crippen LogP contribution in [0.2, 0.25) is 0 Å². The minimum atomic E-state index is 0.0800. The number of benzene rings is 10. The predicted octanol–water partition coefficient (Wildman–Crippen LogP) is 16.0. The second-order valence-electron chi connectivity index (χ2n) is 16.8. The van der Waals surface area contributed by atoms with Crippen LogP contribution in [-0.4, -0.2) is 9.13 Å². The van der Waals surface area contributed by atoms with Crippen LogP contribution in [-0.2, 0) is 0 Å². The maximum atomic E-state index is 2.44. The minimum absolute atomic E-state index is 0.0800. The first kappa shape index (κ1) is 35.5. The predicted molar refractivity (Wildman–Crippen MR) is 264 cm³/mol. The summed E-state index contributed by atoms with van der Waals surface area (Å²) in [6.07, 6.45) is 0. The molecule has 1 aliphatic rings. The maximum absolute atomic E-state index is 2.44. The molecule has 0 saturated heterocycles. The smallest absolute Gasteiger partial charge is 0.0542 e.